The van der Waals surface area contributed by atoms with E-state index in [2.05, 4.69) is 13.0 Å². The Labute approximate surface area is 113 Å². The second kappa shape index (κ2) is 16.1. The minimum Gasteiger partial charge on any atom is -0.299 e. The Kier molecular flexibility index (Phi) is 15.4. The number of carbonyl (C=O) groups excluding carboxylic acids is 1. The zero-order valence-corrected chi connectivity index (χ0v) is 12.1. The molecule has 0 atom stereocenters. The van der Waals surface area contributed by atoms with Gasteiger partial charge in [0.1, 0.15) is 6.29 Å². The summed E-state index contributed by atoms with van der Waals surface area (Å²) < 4.78 is 0. The minimum absolute atomic E-state index is 0.810. The van der Waals surface area contributed by atoms with Crippen molar-refractivity contribution in [1.82, 2.24) is 0 Å². The molecule has 0 aliphatic rings. The molecule has 0 spiro atoms. The summed E-state index contributed by atoms with van der Waals surface area (Å²) >= 11 is 0. The van der Waals surface area contributed by atoms with Crippen LogP contribution in [0.25, 0.3) is 0 Å². The molecule has 0 aliphatic carbocycles. The van der Waals surface area contributed by atoms with Gasteiger partial charge in [0, 0.05) is 0 Å². The molecular weight excluding hydrogens is 220 g/mol. The summed E-state index contributed by atoms with van der Waals surface area (Å²) in [6.07, 6.45) is 23.2. The van der Waals surface area contributed by atoms with Crippen LogP contribution >= 0.6 is 0 Å². The number of carbonyl (C=O) groups is 1. The van der Waals surface area contributed by atoms with Crippen LogP contribution < -0.4 is 0 Å². The molecule has 0 amide bonds. The quantitative estimate of drug-likeness (QED) is 0.180. The van der Waals surface area contributed by atoms with Gasteiger partial charge in [-0.15, -0.1) is 0 Å². The molecular formula is C17H30O. The van der Waals surface area contributed by atoms with Gasteiger partial charge < -0.3 is 0 Å². The van der Waals surface area contributed by atoms with Crippen molar-refractivity contribution in [2.24, 2.45) is 0 Å². The number of unbranched alkanes of at least 4 members (excludes halogenated alkanes) is 10. The smallest absolute Gasteiger partial charge is 0.142 e. The highest BCUT2D eigenvalue weighted by Crippen LogP contribution is 2.11. The van der Waals surface area contributed by atoms with Crippen molar-refractivity contribution in [1.29, 1.82) is 0 Å². The highest BCUT2D eigenvalue weighted by molar-refractivity contribution is 5.65. The van der Waals surface area contributed by atoms with E-state index in [0.29, 0.717) is 0 Å². The van der Waals surface area contributed by atoms with Crippen molar-refractivity contribution in [2.75, 3.05) is 0 Å². The molecule has 0 aromatic rings. The summed E-state index contributed by atoms with van der Waals surface area (Å²) in [6, 6.07) is 0. The molecule has 18 heavy (non-hydrogen) atoms. The van der Waals surface area contributed by atoms with Crippen LogP contribution in [-0.2, 0) is 4.79 Å². The lowest BCUT2D eigenvalue weighted by atomic mass is 10.1. The molecule has 0 unspecified atom stereocenters. The molecule has 0 heterocycles. The number of rotatable bonds is 13. The molecule has 0 aliphatic heterocycles. The fourth-order valence-electron chi connectivity index (χ4n) is 2.03. The summed E-state index contributed by atoms with van der Waals surface area (Å²) in [6.45, 7) is 2.27. The van der Waals surface area contributed by atoms with Crippen molar-refractivity contribution in [3.05, 3.63) is 24.3 Å². The van der Waals surface area contributed by atoms with Gasteiger partial charge in [0.25, 0.3) is 0 Å². The molecule has 0 saturated heterocycles. The lowest BCUT2D eigenvalue weighted by molar-refractivity contribution is -0.104. The number of hydrogen-bond donors (Lipinski definition) is 0. The van der Waals surface area contributed by atoms with E-state index in [1.165, 1.54) is 70.3 Å². The van der Waals surface area contributed by atoms with Gasteiger partial charge in [-0.3, -0.25) is 4.79 Å². The van der Waals surface area contributed by atoms with E-state index in [4.69, 9.17) is 0 Å². The van der Waals surface area contributed by atoms with Crippen molar-refractivity contribution in [3.63, 3.8) is 0 Å². The molecule has 0 rings (SSSR count). The normalized spacial score (nSPS) is 11.6. The Morgan fingerprint density at radius 3 is 1.78 bits per heavy atom. The minimum atomic E-state index is 0.810. The van der Waals surface area contributed by atoms with E-state index in [1.807, 2.05) is 6.08 Å². The molecule has 104 valence electrons. The Balaban J connectivity index is 3.05. The molecule has 0 N–H and O–H groups in total. The zero-order valence-electron chi connectivity index (χ0n) is 12.1. The summed E-state index contributed by atoms with van der Waals surface area (Å²) in [4.78, 5) is 10.0. The van der Waals surface area contributed by atoms with Crippen LogP contribution in [0.2, 0.25) is 0 Å². The topological polar surface area (TPSA) is 17.1 Å². The van der Waals surface area contributed by atoms with Crippen LogP contribution in [0.4, 0.5) is 0 Å². The van der Waals surface area contributed by atoms with Gasteiger partial charge in [-0.05, 0) is 18.9 Å². The predicted octanol–water partition coefficient (Wildman–Crippen LogP) is 5.61. The second-order valence-corrected chi connectivity index (χ2v) is 4.92. The third-order valence-corrected chi connectivity index (χ3v) is 3.16. The summed E-state index contributed by atoms with van der Waals surface area (Å²) in [7, 11) is 0. The van der Waals surface area contributed by atoms with Gasteiger partial charge in [-0.25, -0.2) is 0 Å². The van der Waals surface area contributed by atoms with E-state index in [1.54, 1.807) is 6.08 Å². The standard InChI is InChI=1S/C17H30O/c1-2-3-4-5-6-7-8-9-10-11-12-13-14-15-16-17-18/h13-17H,2-12H2,1H3. The maximum Gasteiger partial charge on any atom is 0.142 e. The third-order valence-electron chi connectivity index (χ3n) is 3.16. The Morgan fingerprint density at radius 2 is 1.22 bits per heavy atom. The zero-order chi connectivity index (χ0) is 13.3. The summed E-state index contributed by atoms with van der Waals surface area (Å²) in [5, 5.41) is 0. The fraction of sp³-hybridized carbons (Fsp3) is 0.706. The van der Waals surface area contributed by atoms with Gasteiger partial charge in [0.05, 0.1) is 0 Å². The lowest BCUT2D eigenvalue weighted by Crippen LogP contribution is -1.81. The maximum atomic E-state index is 10.0. The monoisotopic (exact) mass is 250 g/mol. The summed E-state index contributed by atoms with van der Waals surface area (Å²) in [5.74, 6) is 0. The van der Waals surface area contributed by atoms with Crippen LogP contribution in [0.15, 0.2) is 24.3 Å². The van der Waals surface area contributed by atoms with Gasteiger partial charge in [0.15, 0.2) is 0 Å². The number of hydrogen-bond acceptors (Lipinski definition) is 1. The highest BCUT2D eigenvalue weighted by Gasteiger charge is 1.91. The van der Waals surface area contributed by atoms with Gasteiger partial charge in [0.2, 0.25) is 0 Å². The van der Waals surface area contributed by atoms with E-state index >= 15 is 0 Å². The van der Waals surface area contributed by atoms with Crippen molar-refractivity contribution in [3.8, 4) is 0 Å². The molecule has 0 radical (unpaired) electrons. The van der Waals surface area contributed by atoms with Crippen LogP contribution in [0, 0.1) is 0 Å². The van der Waals surface area contributed by atoms with E-state index in [9.17, 15) is 4.79 Å². The first kappa shape index (κ1) is 17.2. The lowest BCUT2D eigenvalue weighted by Gasteiger charge is -2.01. The first-order valence-corrected chi connectivity index (χ1v) is 7.68. The Morgan fingerprint density at radius 1 is 0.667 bits per heavy atom. The SMILES string of the molecule is CCCCCCCCCCCCC=CC=CC=O. The fourth-order valence-corrected chi connectivity index (χ4v) is 2.03. The highest BCUT2D eigenvalue weighted by atomic mass is 16.1. The van der Waals surface area contributed by atoms with Crippen LogP contribution in [0.3, 0.4) is 0 Å². The molecule has 1 nitrogen and oxygen atoms in total. The molecule has 1 heteroatoms. The Hall–Kier alpha value is -0.850. The van der Waals surface area contributed by atoms with Crippen LogP contribution in [0.1, 0.15) is 77.6 Å². The third kappa shape index (κ3) is 15.1. The van der Waals surface area contributed by atoms with Gasteiger partial charge in [-0.1, -0.05) is 82.9 Å². The first-order valence-electron chi connectivity index (χ1n) is 7.68. The average molecular weight is 250 g/mol. The van der Waals surface area contributed by atoms with Crippen LogP contribution in [0.5, 0.6) is 0 Å². The first-order chi connectivity index (χ1) is 8.91. The van der Waals surface area contributed by atoms with Gasteiger partial charge in [-0.2, -0.15) is 0 Å². The largest absolute Gasteiger partial charge is 0.299 e. The summed E-state index contributed by atoms with van der Waals surface area (Å²) in [5.41, 5.74) is 0. The molecule has 0 saturated carbocycles. The number of allylic oxidation sites excluding steroid dienone is 4. The number of aldehydes is 1. The molecule has 0 fully saturated rings. The van der Waals surface area contributed by atoms with Crippen molar-refractivity contribution < 1.29 is 4.79 Å². The van der Waals surface area contributed by atoms with E-state index in [0.717, 1.165) is 12.7 Å². The predicted molar refractivity (Wildman–Crippen MR) is 80.8 cm³/mol. The van der Waals surface area contributed by atoms with E-state index < -0.39 is 0 Å². The average Bonchev–Trinajstić information content (AvgIpc) is 2.39. The Bertz CT molecular complexity index is 216. The maximum absolute atomic E-state index is 10.0. The second-order valence-electron chi connectivity index (χ2n) is 4.92. The molecule has 0 aromatic heterocycles. The van der Waals surface area contributed by atoms with E-state index in [-0.39, 0.29) is 0 Å². The van der Waals surface area contributed by atoms with Gasteiger partial charge >= 0.3 is 0 Å². The molecule has 0 bridgehead atoms. The van der Waals surface area contributed by atoms with Crippen LogP contribution in [-0.4, -0.2) is 6.29 Å². The van der Waals surface area contributed by atoms with Crippen molar-refractivity contribution >= 4 is 6.29 Å². The van der Waals surface area contributed by atoms with Crippen molar-refractivity contribution in [2.45, 2.75) is 77.6 Å². The molecule has 0 aromatic carbocycles.